The minimum absolute atomic E-state index is 0.0114. The summed E-state index contributed by atoms with van der Waals surface area (Å²) in [5, 5.41) is 6.72. The molecular formula is C17H15ClF2N6O4S. The van der Waals surface area contributed by atoms with Crippen LogP contribution in [0.3, 0.4) is 0 Å². The average molecular weight is 473 g/mol. The first-order valence-electron chi connectivity index (χ1n) is 8.53. The van der Waals surface area contributed by atoms with Crippen LogP contribution in [-0.4, -0.2) is 51.9 Å². The van der Waals surface area contributed by atoms with Gasteiger partial charge in [-0.05, 0) is 25.1 Å². The summed E-state index contributed by atoms with van der Waals surface area (Å²) in [4.78, 5) is 24.4. The number of aromatic nitrogens is 5. The molecule has 0 saturated heterocycles. The van der Waals surface area contributed by atoms with E-state index in [1.807, 2.05) is 0 Å². The van der Waals surface area contributed by atoms with E-state index in [0.717, 1.165) is 18.6 Å². The van der Waals surface area contributed by atoms with Crippen LogP contribution in [0.4, 0.5) is 8.78 Å². The molecule has 10 nitrogen and oxygen atoms in total. The molecule has 1 aromatic carbocycles. The first-order valence-corrected chi connectivity index (χ1v) is 10.8. The summed E-state index contributed by atoms with van der Waals surface area (Å²) >= 11 is 5.94. The average Bonchev–Trinajstić information content (AvgIpc) is 3.17. The summed E-state index contributed by atoms with van der Waals surface area (Å²) in [6.45, 7) is -1.41. The van der Waals surface area contributed by atoms with Crippen molar-refractivity contribution in [1.29, 1.82) is 0 Å². The number of halogens is 3. The fourth-order valence-corrected chi connectivity index (χ4v) is 3.52. The number of rotatable bonds is 7. The zero-order chi connectivity index (χ0) is 22.8. The van der Waals surface area contributed by atoms with Gasteiger partial charge in [0.1, 0.15) is 6.33 Å². The number of benzene rings is 1. The van der Waals surface area contributed by atoms with Crippen molar-refractivity contribution in [3.63, 3.8) is 0 Å². The van der Waals surface area contributed by atoms with Crippen molar-refractivity contribution in [2.75, 3.05) is 6.26 Å². The first-order chi connectivity index (χ1) is 14.5. The van der Waals surface area contributed by atoms with Gasteiger partial charge in [-0.2, -0.15) is 18.6 Å². The highest BCUT2D eigenvalue weighted by Gasteiger charge is 2.20. The summed E-state index contributed by atoms with van der Waals surface area (Å²) in [5.41, 5.74) is 0.0376. The Kier molecular flexibility index (Phi) is 6.45. The van der Waals surface area contributed by atoms with E-state index >= 15 is 0 Å². The lowest BCUT2D eigenvalue weighted by Crippen LogP contribution is -2.29. The van der Waals surface area contributed by atoms with Crippen molar-refractivity contribution in [3.05, 3.63) is 53.3 Å². The molecule has 14 heteroatoms. The van der Waals surface area contributed by atoms with Crippen molar-refractivity contribution < 1.29 is 26.7 Å². The van der Waals surface area contributed by atoms with Crippen LogP contribution in [-0.2, 0) is 9.84 Å². The topological polar surface area (TPSA) is 129 Å². The minimum atomic E-state index is -3.57. The maximum atomic E-state index is 12.6. The molecule has 0 aliphatic rings. The zero-order valence-corrected chi connectivity index (χ0v) is 17.6. The number of sulfone groups is 1. The second kappa shape index (κ2) is 8.89. The number of nitrogens with zero attached hydrogens (tertiary/aromatic N) is 5. The van der Waals surface area contributed by atoms with E-state index in [1.165, 1.54) is 29.2 Å². The SMILES string of the molecule is C[C@H](NC(=O)c1cc(Cl)cc(S(C)(=O)=O)c1)c1ncnn1-c1ncc(OC(F)F)cn1. The van der Waals surface area contributed by atoms with E-state index in [1.54, 1.807) is 6.92 Å². The molecule has 2 aromatic heterocycles. The molecule has 1 atom stereocenters. The fraction of sp³-hybridized carbons (Fsp3) is 0.235. The molecule has 1 N–H and O–H groups in total. The van der Waals surface area contributed by atoms with Gasteiger partial charge in [0.2, 0.25) is 0 Å². The third kappa shape index (κ3) is 5.49. The number of hydrogen-bond donors (Lipinski definition) is 1. The van der Waals surface area contributed by atoms with Crippen LogP contribution in [0.25, 0.3) is 5.95 Å². The van der Waals surface area contributed by atoms with Crippen molar-refractivity contribution in [3.8, 4) is 11.7 Å². The normalized spacial score (nSPS) is 12.6. The molecule has 0 aliphatic carbocycles. The van der Waals surface area contributed by atoms with Crippen LogP contribution in [0.2, 0.25) is 5.02 Å². The highest BCUT2D eigenvalue weighted by Crippen LogP contribution is 2.20. The molecular weight excluding hydrogens is 458 g/mol. The smallest absolute Gasteiger partial charge is 0.387 e. The lowest BCUT2D eigenvalue weighted by atomic mass is 10.2. The molecule has 0 fully saturated rings. The highest BCUT2D eigenvalue weighted by atomic mass is 35.5. The second-order valence-corrected chi connectivity index (χ2v) is 8.72. The fourth-order valence-electron chi connectivity index (χ4n) is 2.53. The summed E-state index contributed by atoms with van der Waals surface area (Å²) in [6.07, 6.45) is 4.29. The number of alkyl halides is 2. The Bertz CT molecular complexity index is 1200. The van der Waals surface area contributed by atoms with Crippen molar-refractivity contribution in [2.24, 2.45) is 0 Å². The van der Waals surface area contributed by atoms with Gasteiger partial charge in [0.15, 0.2) is 21.4 Å². The summed E-state index contributed by atoms with van der Waals surface area (Å²) in [7, 11) is -3.57. The molecule has 0 spiro atoms. The standard InChI is InChI=1S/C17H15ClF2N6O4S/c1-9(25-15(27)10-3-11(18)5-13(4-10)31(2,28)29)14-23-8-24-26(14)17-21-6-12(7-22-17)30-16(19)20/h3-9,16H,1-2H3,(H,25,27)/t9-/m0/s1. The number of amides is 1. The molecule has 0 bridgehead atoms. The van der Waals surface area contributed by atoms with Crippen LogP contribution in [0.1, 0.15) is 29.1 Å². The predicted molar refractivity (Wildman–Crippen MR) is 104 cm³/mol. The minimum Gasteiger partial charge on any atom is -0.432 e. The van der Waals surface area contributed by atoms with Crippen LogP contribution in [0.15, 0.2) is 41.8 Å². The van der Waals surface area contributed by atoms with Crippen LogP contribution < -0.4 is 10.1 Å². The molecule has 3 aromatic rings. The van der Waals surface area contributed by atoms with E-state index < -0.39 is 28.4 Å². The predicted octanol–water partition coefficient (Wildman–Crippen LogP) is 2.21. The Hall–Kier alpha value is -3.19. The van der Waals surface area contributed by atoms with Crippen LogP contribution in [0, 0.1) is 0 Å². The maximum Gasteiger partial charge on any atom is 0.387 e. The Morgan fingerprint density at radius 3 is 2.48 bits per heavy atom. The number of nitrogens with one attached hydrogen (secondary N) is 1. The van der Waals surface area contributed by atoms with Gasteiger partial charge in [0, 0.05) is 16.8 Å². The molecule has 0 radical (unpaired) electrons. The van der Waals surface area contributed by atoms with Gasteiger partial charge >= 0.3 is 6.61 Å². The van der Waals surface area contributed by atoms with Crippen LogP contribution in [0.5, 0.6) is 5.75 Å². The van der Waals surface area contributed by atoms with E-state index in [2.05, 4.69) is 30.1 Å². The van der Waals surface area contributed by atoms with Crippen LogP contribution >= 0.6 is 11.6 Å². The molecule has 0 aliphatic heterocycles. The molecule has 164 valence electrons. The number of carbonyl (C=O) groups excluding carboxylic acids is 1. The maximum absolute atomic E-state index is 12.6. The van der Waals surface area contributed by atoms with E-state index in [-0.39, 0.29) is 33.0 Å². The molecule has 2 heterocycles. The Balaban J connectivity index is 1.81. The van der Waals surface area contributed by atoms with Crippen molar-refractivity contribution >= 4 is 27.3 Å². The van der Waals surface area contributed by atoms with Gasteiger partial charge in [0.25, 0.3) is 11.9 Å². The zero-order valence-electron chi connectivity index (χ0n) is 16.0. The molecule has 31 heavy (non-hydrogen) atoms. The first kappa shape index (κ1) is 22.5. The summed E-state index contributed by atoms with van der Waals surface area (Å²) < 4.78 is 53.5. The van der Waals surface area contributed by atoms with Gasteiger partial charge in [-0.3, -0.25) is 4.79 Å². The highest BCUT2D eigenvalue weighted by molar-refractivity contribution is 7.90. The largest absolute Gasteiger partial charge is 0.432 e. The van der Waals surface area contributed by atoms with Gasteiger partial charge in [-0.25, -0.2) is 23.4 Å². The van der Waals surface area contributed by atoms with E-state index in [9.17, 15) is 22.0 Å². The molecule has 1 amide bonds. The Labute approximate surface area is 180 Å². The lowest BCUT2D eigenvalue weighted by Gasteiger charge is -2.14. The summed E-state index contributed by atoms with van der Waals surface area (Å²) in [5.74, 6) is -0.584. The van der Waals surface area contributed by atoms with Gasteiger partial charge < -0.3 is 10.1 Å². The Morgan fingerprint density at radius 2 is 1.87 bits per heavy atom. The second-order valence-electron chi connectivity index (χ2n) is 6.27. The van der Waals surface area contributed by atoms with Gasteiger partial charge in [-0.15, -0.1) is 0 Å². The third-order valence-electron chi connectivity index (χ3n) is 3.90. The number of carbonyl (C=O) groups is 1. The lowest BCUT2D eigenvalue weighted by molar-refractivity contribution is -0.0503. The van der Waals surface area contributed by atoms with Gasteiger partial charge in [-0.1, -0.05) is 11.6 Å². The summed E-state index contributed by atoms with van der Waals surface area (Å²) in [6, 6.07) is 3.07. The Morgan fingerprint density at radius 1 is 1.19 bits per heavy atom. The molecule has 0 unspecified atom stereocenters. The van der Waals surface area contributed by atoms with Crippen molar-refractivity contribution in [1.82, 2.24) is 30.0 Å². The van der Waals surface area contributed by atoms with Crippen molar-refractivity contribution in [2.45, 2.75) is 24.5 Å². The molecule has 0 saturated carbocycles. The van der Waals surface area contributed by atoms with E-state index in [0.29, 0.717) is 0 Å². The molecule has 3 rings (SSSR count). The van der Waals surface area contributed by atoms with Gasteiger partial charge in [0.05, 0.1) is 23.3 Å². The van der Waals surface area contributed by atoms with E-state index in [4.69, 9.17) is 11.6 Å². The number of ether oxygens (including phenoxy) is 1. The quantitative estimate of drug-likeness (QED) is 0.554. The number of hydrogen-bond acceptors (Lipinski definition) is 8. The monoisotopic (exact) mass is 472 g/mol. The third-order valence-corrected chi connectivity index (χ3v) is 5.21.